The summed E-state index contributed by atoms with van der Waals surface area (Å²) in [5.74, 6) is 0. The molecule has 3 heteroatoms. The van der Waals surface area contributed by atoms with Crippen LogP contribution in [0.5, 0.6) is 0 Å². The van der Waals surface area contributed by atoms with Crippen LogP contribution in [0.15, 0.2) is 30.5 Å². The molecule has 1 saturated heterocycles. The van der Waals surface area contributed by atoms with Crippen LogP contribution in [-0.2, 0) is 0 Å². The van der Waals surface area contributed by atoms with Gasteiger partial charge in [-0.25, -0.2) is 0 Å². The molecule has 2 N–H and O–H groups in total. The van der Waals surface area contributed by atoms with Gasteiger partial charge in [-0.05, 0) is 18.9 Å². The highest BCUT2D eigenvalue weighted by molar-refractivity contribution is 5.97. The first-order chi connectivity index (χ1) is 9.36. The Balaban J connectivity index is 2.04. The lowest BCUT2D eigenvalue weighted by atomic mass is 10.1. The molecule has 1 aromatic carbocycles. The third-order valence-corrected chi connectivity index (χ3v) is 3.95. The first-order valence-electron chi connectivity index (χ1n) is 7.24. The van der Waals surface area contributed by atoms with E-state index in [1.165, 1.54) is 43.2 Å². The number of hydrogen-bond donors (Lipinski definition) is 1. The summed E-state index contributed by atoms with van der Waals surface area (Å²) in [6, 6.07) is 8.29. The number of fused-ring (bicyclic) bond motifs is 1. The molecule has 3 rings (SSSR count). The molecule has 0 saturated carbocycles. The fraction of sp³-hybridized carbons (Fsp3) is 0.438. The molecule has 0 amide bonds. The summed E-state index contributed by atoms with van der Waals surface area (Å²) in [7, 11) is 0. The lowest BCUT2D eigenvalue weighted by molar-refractivity contribution is 0.557. The number of nitrogens with two attached hydrogens (primary N) is 1. The molecular weight excluding hydrogens is 234 g/mol. The summed E-state index contributed by atoms with van der Waals surface area (Å²) >= 11 is 0. The van der Waals surface area contributed by atoms with E-state index in [4.69, 9.17) is 5.73 Å². The van der Waals surface area contributed by atoms with Crippen LogP contribution in [0.25, 0.3) is 10.9 Å². The van der Waals surface area contributed by atoms with E-state index in [0.717, 1.165) is 24.3 Å². The van der Waals surface area contributed by atoms with E-state index >= 15 is 0 Å². The van der Waals surface area contributed by atoms with E-state index in [1.807, 2.05) is 6.07 Å². The minimum absolute atomic E-state index is 0.805. The highest BCUT2D eigenvalue weighted by atomic mass is 15.1. The van der Waals surface area contributed by atoms with Gasteiger partial charge in [-0.1, -0.05) is 37.5 Å². The van der Waals surface area contributed by atoms with Crippen molar-refractivity contribution in [3.8, 4) is 0 Å². The lowest BCUT2D eigenvalue weighted by Gasteiger charge is -2.29. The zero-order chi connectivity index (χ0) is 13.1. The molecule has 1 aliphatic heterocycles. The number of rotatable bonds is 1. The molecule has 0 spiro atoms. The zero-order valence-corrected chi connectivity index (χ0v) is 11.3. The Morgan fingerprint density at radius 3 is 2.42 bits per heavy atom. The first-order valence-corrected chi connectivity index (χ1v) is 7.24. The fourth-order valence-corrected chi connectivity index (χ4v) is 2.97. The van der Waals surface area contributed by atoms with Gasteiger partial charge in [0.15, 0.2) is 0 Å². The molecule has 0 unspecified atom stereocenters. The van der Waals surface area contributed by atoms with Crippen molar-refractivity contribution in [2.45, 2.75) is 32.1 Å². The summed E-state index contributed by atoms with van der Waals surface area (Å²) in [5, 5.41) is 1.18. The maximum atomic E-state index is 6.20. The van der Waals surface area contributed by atoms with Crippen LogP contribution in [0, 0.1) is 0 Å². The minimum atomic E-state index is 0.805. The van der Waals surface area contributed by atoms with Crippen molar-refractivity contribution in [1.29, 1.82) is 0 Å². The van der Waals surface area contributed by atoms with Crippen molar-refractivity contribution in [3.63, 3.8) is 0 Å². The number of para-hydroxylation sites is 1. The fourth-order valence-electron chi connectivity index (χ4n) is 2.97. The van der Waals surface area contributed by atoms with Crippen LogP contribution in [0.3, 0.4) is 0 Å². The number of nitrogens with zero attached hydrogens (tertiary/aromatic N) is 2. The number of anilines is 2. The van der Waals surface area contributed by atoms with Gasteiger partial charge in [-0.2, -0.15) is 0 Å². The van der Waals surface area contributed by atoms with Crippen molar-refractivity contribution in [2.24, 2.45) is 0 Å². The Bertz CT molecular complexity index is 557. The van der Waals surface area contributed by atoms with Crippen molar-refractivity contribution in [2.75, 3.05) is 23.7 Å². The van der Waals surface area contributed by atoms with Crippen LogP contribution in [-0.4, -0.2) is 18.1 Å². The Labute approximate surface area is 114 Å². The summed E-state index contributed by atoms with van der Waals surface area (Å²) in [6.07, 6.45) is 8.36. The van der Waals surface area contributed by atoms with E-state index in [2.05, 4.69) is 28.1 Å². The molecule has 100 valence electrons. The number of benzene rings is 1. The number of nitrogen functional groups attached to an aromatic ring is 1. The Kier molecular flexibility index (Phi) is 3.53. The second-order valence-corrected chi connectivity index (χ2v) is 5.33. The average Bonchev–Trinajstić information content (AvgIpc) is 2.40. The van der Waals surface area contributed by atoms with Crippen molar-refractivity contribution < 1.29 is 0 Å². The number of hydrogen-bond acceptors (Lipinski definition) is 3. The second kappa shape index (κ2) is 5.47. The van der Waals surface area contributed by atoms with E-state index < -0.39 is 0 Å². The standard InChI is InChI=1S/C16H21N3/c17-14-12-18-15-9-5-4-8-13(15)16(14)19-10-6-2-1-3-7-11-19/h4-5,8-9,12H,1-3,6-7,10-11,17H2. The molecule has 0 radical (unpaired) electrons. The van der Waals surface area contributed by atoms with Crippen molar-refractivity contribution >= 4 is 22.3 Å². The van der Waals surface area contributed by atoms with Crippen LogP contribution < -0.4 is 10.6 Å². The summed E-state index contributed by atoms with van der Waals surface area (Å²) in [4.78, 5) is 6.88. The van der Waals surface area contributed by atoms with Gasteiger partial charge in [0.2, 0.25) is 0 Å². The van der Waals surface area contributed by atoms with Crippen LogP contribution >= 0.6 is 0 Å². The Morgan fingerprint density at radius 1 is 0.947 bits per heavy atom. The lowest BCUT2D eigenvalue weighted by Crippen LogP contribution is -2.28. The zero-order valence-electron chi connectivity index (χ0n) is 11.3. The summed E-state index contributed by atoms with van der Waals surface area (Å²) < 4.78 is 0. The SMILES string of the molecule is Nc1cnc2ccccc2c1N1CCCCCCC1. The maximum Gasteiger partial charge on any atom is 0.0745 e. The van der Waals surface area contributed by atoms with Gasteiger partial charge in [-0.15, -0.1) is 0 Å². The third-order valence-electron chi connectivity index (χ3n) is 3.95. The molecule has 19 heavy (non-hydrogen) atoms. The Morgan fingerprint density at radius 2 is 1.63 bits per heavy atom. The third kappa shape index (κ3) is 2.50. The average molecular weight is 255 g/mol. The van der Waals surface area contributed by atoms with Crippen LogP contribution in [0.2, 0.25) is 0 Å². The smallest absolute Gasteiger partial charge is 0.0745 e. The number of aromatic nitrogens is 1. The van der Waals surface area contributed by atoms with Gasteiger partial charge in [0, 0.05) is 18.5 Å². The topological polar surface area (TPSA) is 42.1 Å². The van der Waals surface area contributed by atoms with E-state index in [0.29, 0.717) is 0 Å². The van der Waals surface area contributed by atoms with Gasteiger partial charge in [0.25, 0.3) is 0 Å². The summed E-state index contributed by atoms with van der Waals surface area (Å²) in [6.45, 7) is 2.22. The quantitative estimate of drug-likeness (QED) is 0.846. The van der Waals surface area contributed by atoms with Crippen molar-refractivity contribution in [3.05, 3.63) is 30.5 Å². The van der Waals surface area contributed by atoms with Gasteiger partial charge in [-0.3, -0.25) is 4.98 Å². The Hall–Kier alpha value is -1.77. The molecule has 2 heterocycles. The summed E-state index contributed by atoms with van der Waals surface area (Å²) in [5.41, 5.74) is 9.23. The predicted molar refractivity (Wildman–Crippen MR) is 81.5 cm³/mol. The number of pyridine rings is 1. The molecule has 1 fully saturated rings. The molecule has 1 aliphatic rings. The van der Waals surface area contributed by atoms with E-state index in [9.17, 15) is 0 Å². The molecule has 0 aliphatic carbocycles. The van der Waals surface area contributed by atoms with Crippen molar-refractivity contribution in [1.82, 2.24) is 4.98 Å². The van der Waals surface area contributed by atoms with Gasteiger partial charge in [0.05, 0.1) is 23.1 Å². The highest BCUT2D eigenvalue weighted by Crippen LogP contribution is 2.32. The predicted octanol–water partition coefficient (Wildman–Crippen LogP) is 3.59. The molecule has 2 aromatic rings. The monoisotopic (exact) mass is 255 g/mol. The first kappa shape index (κ1) is 12.3. The molecule has 0 bridgehead atoms. The maximum absolute atomic E-state index is 6.20. The van der Waals surface area contributed by atoms with Gasteiger partial charge < -0.3 is 10.6 Å². The molecule has 1 aromatic heterocycles. The van der Waals surface area contributed by atoms with E-state index in [-0.39, 0.29) is 0 Å². The molecular formula is C16H21N3. The largest absolute Gasteiger partial charge is 0.396 e. The minimum Gasteiger partial charge on any atom is -0.396 e. The highest BCUT2D eigenvalue weighted by Gasteiger charge is 2.15. The van der Waals surface area contributed by atoms with Crippen LogP contribution in [0.4, 0.5) is 11.4 Å². The van der Waals surface area contributed by atoms with Crippen LogP contribution in [0.1, 0.15) is 32.1 Å². The normalized spacial score (nSPS) is 17.2. The van der Waals surface area contributed by atoms with Gasteiger partial charge in [0.1, 0.15) is 0 Å². The molecule has 0 atom stereocenters. The molecule has 3 nitrogen and oxygen atoms in total. The second-order valence-electron chi connectivity index (χ2n) is 5.33. The van der Waals surface area contributed by atoms with Gasteiger partial charge >= 0.3 is 0 Å². The van der Waals surface area contributed by atoms with E-state index in [1.54, 1.807) is 6.20 Å².